The lowest BCUT2D eigenvalue weighted by atomic mass is 9.98. The van der Waals surface area contributed by atoms with E-state index < -0.39 is 28.1 Å². The van der Waals surface area contributed by atoms with Crippen molar-refractivity contribution in [3.05, 3.63) is 89.5 Å². The van der Waals surface area contributed by atoms with E-state index >= 15 is 0 Å². The molecule has 0 heterocycles. The average molecular weight is 467 g/mol. The molecule has 0 fully saturated rings. The van der Waals surface area contributed by atoms with Crippen molar-refractivity contribution in [2.75, 3.05) is 6.61 Å². The van der Waals surface area contributed by atoms with Crippen LogP contribution in [-0.2, 0) is 26.0 Å². The molecule has 3 aromatic rings. The van der Waals surface area contributed by atoms with Crippen molar-refractivity contribution in [1.29, 1.82) is 0 Å². The Kier molecular flexibility index (Phi) is 6.17. The number of aliphatic carboxylic acids is 1. The SMILES string of the molecule is NS(=O)(=O)c1ccc(C[C@@H](NC(=O)OCC2c3ccccc3-c3ccccc32)C(=O)O)cc1. The molecule has 4 N–H and O–H groups in total. The predicted octanol–water partition coefficient (Wildman–Crippen LogP) is 2.87. The fraction of sp³-hybridized carbons (Fsp3) is 0.167. The Morgan fingerprint density at radius 3 is 2.00 bits per heavy atom. The van der Waals surface area contributed by atoms with Gasteiger partial charge in [-0.15, -0.1) is 0 Å². The van der Waals surface area contributed by atoms with Crippen LogP contribution < -0.4 is 10.5 Å². The maximum absolute atomic E-state index is 12.4. The van der Waals surface area contributed by atoms with Crippen LogP contribution in [0.25, 0.3) is 11.1 Å². The second-order valence-corrected chi connectivity index (χ2v) is 9.32. The van der Waals surface area contributed by atoms with E-state index in [-0.39, 0.29) is 23.8 Å². The van der Waals surface area contributed by atoms with Gasteiger partial charge in [0.05, 0.1) is 4.90 Å². The fourth-order valence-electron chi connectivity index (χ4n) is 4.03. The molecule has 0 bridgehead atoms. The first-order chi connectivity index (χ1) is 15.7. The van der Waals surface area contributed by atoms with Crippen molar-refractivity contribution >= 4 is 22.1 Å². The van der Waals surface area contributed by atoms with Gasteiger partial charge in [0.15, 0.2) is 0 Å². The summed E-state index contributed by atoms with van der Waals surface area (Å²) in [6, 6.07) is 20.0. The number of nitrogens with one attached hydrogen (secondary N) is 1. The number of amides is 1. The summed E-state index contributed by atoms with van der Waals surface area (Å²) in [7, 11) is -3.85. The average Bonchev–Trinajstić information content (AvgIpc) is 3.11. The van der Waals surface area contributed by atoms with Gasteiger partial charge < -0.3 is 15.2 Å². The van der Waals surface area contributed by atoms with Crippen LogP contribution in [-0.4, -0.2) is 38.2 Å². The van der Waals surface area contributed by atoms with Gasteiger partial charge in [0.25, 0.3) is 0 Å². The Morgan fingerprint density at radius 2 is 1.48 bits per heavy atom. The minimum absolute atomic E-state index is 0.0512. The molecule has 0 saturated heterocycles. The smallest absolute Gasteiger partial charge is 0.407 e. The Balaban J connectivity index is 1.42. The van der Waals surface area contributed by atoms with E-state index in [1.165, 1.54) is 24.3 Å². The van der Waals surface area contributed by atoms with Gasteiger partial charge in [0, 0.05) is 12.3 Å². The summed E-state index contributed by atoms with van der Waals surface area (Å²) < 4.78 is 28.1. The topological polar surface area (TPSA) is 136 Å². The van der Waals surface area contributed by atoms with Gasteiger partial charge in [0.1, 0.15) is 12.6 Å². The number of hydrogen-bond acceptors (Lipinski definition) is 5. The molecule has 33 heavy (non-hydrogen) atoms. The van der Waals surface area contributed by atoms with E-state index in [1.807, 2.05) is 48.5 Å². The van der Waals surface area contributed by atoms with Gasteiger partial charge in [-0.3, -0.25) is 0 Å². The highest BCUT2D eigenvalue weighted by molar-refractivity contribution is 7.89. The number of sulfonamides is 1. The molecule has 1 aliphatic carbocycles. The third-order valence-electron chi connectivity index (χ3n) is 5.63. The molecule has 170 valence electrons. The van der Waals surface area contributed by atoms with Crippen molar-refractivity contribution in [3.63, 3.8) is 0 Å². The molecule has 1 amide bonds. The molecule has 0 aromatic heterocycles. The summed E-state index contributed by atoms with van der Waals surface area (Å²) in [6.07, 6.45) is -0.893. The van der Waals surface area contributed by atoms with Crippen molar-refractivity contribution in [2.45, 2.75) is 23.3 Å². The molecule has 8 nitrogen and oxygen atoms in total. The number of carboxylic acid groups (broad SMARTS) is 1. The quantitative estimate of drug-likeness (QED) is 0.490. The Morgan fingerprint density at radius 1 is 0.939 bits per heavy atom. The lowest BCUT2D eigenvalue weighted by molar-refractivity contribution is -0.139. The number of rotatable bonds is 7. The molecule has 0 saturated carbocycles. The first-order valence-electron chi connectivity index (χ1n) is 10.2. The Hall–Kier alpha value is -3.69. The number of carbonyl (C=O) groups is 2. The van der Waals surface area contributed by atoms with E-state index in [9.17, 15) is 23.1 Å². The molecule has 1 atom stereocenters. The largest absolute Gasteiger partial charge is 0.480 e. The summed E-state index contributed by atoms with van der Waals surface area (Å²) in [6.45, 7) is 0.0647. The number of fused-ring (bicyclic) bond motifs is 3. The second-order valence-electron chi connectivity index (χ2n) is 7.75. The van der Waals surface area contributed by atoms with Crippen LogP contribution in [0, 0.1) is 0 Å². The number of nitrogens with two attached hydrogens (primary N) is 1. The highest BCUT2D eigenvalue weighted by Crippen LogP contribution is 2.44. The fourth-order valence-corrected chi connectivity index (χ4v) is 4.55. The summed E-state index contributed by atoms with van der Waals surface area (Å²) in [5.74, 6) is -1.38. The second kappa shape index (κ2) is 9.05. The van der Waals surface area contributed by atoms with Crippen LogP contribution in [0.15, 0.2) is 77.7 Å². The minimum atomic E-state index is -3.85. The van der Waals surface area contributed by atoms with Crippen LogP contribution in [0.3, 0.4) is 0 Å². The maximum atomic E-state index is 12.4. The summed E-state index contributed by atoms with van der Waals surface area (Å²) in [5, 5.41) is 17.0. The molecule has 0 unspecified atom stereocenters. The number of alkyl carbamates (subject to hydrolysis) is 1. The number of benzene rings is 3. The molecular weight excluding hydrogens is 444 g/mol. The van der Waals surface area contributed by atoms with Crippen LogP contribution in [0.5, 0.6) is 0 Å². The van der Waals surface area contributed by atoms with Gasteiger partial charge in [-0.05, 0) is 39.9 Å². The van der Waals surface area contributed by atoms with Gasteiger partial charge >= 0.3 is 12.1 Å². The molecule has 3 aromatic carbocycles. The van der Waals surface area contributed by atoms with Crippen LogP contribution in [0.4, 0.5) is 4.79 Å². The predicted molar refractivity (Wildman–Crippen MR) is 121 cm³/mol. The Labute approximate surface area is 191 Å². The number of ether oxygens (including phenoxy) is 1. The van der Waals surface area contributed by atoms with E-state index in [0.29, 0.717) is 5.56 Å². The molecule has 0 radical (unpaired) electrons. The van der Waals surface area contributed by atoms with Crippen molar-refractivity contribution in [2.24, 2.45) is 5.14 Å². The van der Waals surface area contributed by atoms with Crippen molar-refractivity contribution in [3.8, 4) is 11.1 Å². The van der Waals surface area contributed by atoms with Crippen LogP contribution in [0.1, 0.15) is 22.6 Å². The zero-order valence-electron chi connectivity index (χ0n) is 17.5. The molecule has 9 heteroatoms. The number of hydrogen-bond donors (Lipinski definition) is 3. The summed E-state index contributed by atoms with van der Waals surface area (Å²) in [4.78, 5) is 24.0. The lowest BCUT2D eigenvalue weighted by Gasteiger charge is -2.17. The van der Waals surface area contributed by atoms with Crippen molar-refractivity contribution in [1.82, 2.24) is 5.32 Å². The Bertz CT molecular complexity index is 1260. The van der Waals surface area contributed by atoms with E-state index in [0.717, 1.165) is 22.3 Å². The van der Waals surface area contributed by atoms with Gasteiger partial charge in [-0.2, -0.15) is 0 Å². The van der Waals surface area contributed by atoms with Crippen LogP contribution in [0.2, 0.25) is 0 Å². The number of carbonyl (C=O) groups excluding carboxylic acids is 1. The first-order valence-corrected chi connectivity index (χ1v) is 11.7. The lowest BCUT2D eigenvalue weighted by Crippen LogP contribution is -2.42. The first kappa shape index (κ1) is 22.5. The number of primary sulfonamides is 1. The van der Waals surface area contributed by atoms with Crippen LogP contribution >= 0.6 is 0 Å². The molecular formula is C24H22N2O6S. The van der Waals surface area contributed by atoms with E-state index in [1.54, 1.807) is 0 Å². The monoisotopic (exact) mass is 466 g/mol. The highest BCUT2D eigenvalue weighted by atomic mass is 32.2. The third-order valence-corrected chi connectivity index (χ3v) is 6.55. The normalized spacial score (nSPS) is 13.6. The highest BCUT2D eigenvalue weighted by Gasteiger charge is 2.29. The van der Waals surface area contributed by atoms with Gasteiger partial charge in [0.2, 0.25) is 10.0 Å². The van der Waals surface area contributed by atoms with E-state index in [4.69, 9.17) is 9.88 Å². The molecule has 1 aliphatic rings. The van der Waals surface area contributed by atoms with Gasteiger partial charge in [-0.25, -0.2) is 23.1 Å². The van der Waals surface area contributed by atoms with Gasteiger partial charge in [-0.1, -0.05) is 60.7 Å². The standard InChI is InChI=1S/C24H22N2O6S/c25-33(30,31)16-11-9-15(10-12-16)13-22(23(27)28)26-24(29)32-14-21-19-7-3-1-5-17(19)18-6-2-4-8-20(18)21/h1-12,21-22H,13-14H2,(H,26,29)(H,27,28)(H2,25,30,31)/t22-/m1/s1. The minimum Gasteiger partial charge on any atom is -0.480 e. The van der Waals surface area contributed by atoms with Crippen molar-refractivity contribution < 1.29 is 27.9 Å². The summed E-state index contributed by atoms with van der Waals surface area (Å²) in [5.41, 5.74) is 4.81. The molecule has 0 spiro atoms. The molecule has 4 rings (SSSR count). The zero-order valence-corrected chi connectivity index (χ0v) is 18.3. The molecule has 0 aliphatic heterocycles. The van der Waals surface area contributed by atoms with E-state index in [2.05, 4.69) is 5.32 Å². The zero-order chi connectivity index (χ0) is 23.6. The third kappa shape index (κ3) is 4.89. The maximum Gasteiger partial charge on any atom is 0.407 e. The number of carboxylic acids is 1. The summed E-state index contributed by atoms with van der Waals surface area (Å²) >= 11 is 0.